The second-order valence-electron chi connectivity index (χ2n) is 5.01. The molecule has 0 bridgehead atoms. The molecule has 2 N–H and O–H groups in total. The average molecular weight is 255 g/mol. The first-order chi connectivity index (χ1) is 7.74. The molecule has 0 fully saturated rings. The van der Waals surface area contributed by atoms with Crippen molar-refractivity contribution in [2.24, 2.45) is 11.7 Å². The van der Waals surface area contributed by atoms with Crippen molar-refractivity contribution in [3.05, 3.63) is 29.3 Å². The third kappa shape index (κ3) is 3.54. The molecule has 0 aromatic heterocycles. The van der Waals surface area contributed by atoms with Crippen LogP contribution in [0.2, 0.25) is 0 Å². The number of benzene rings is 1. The molecule has 96 valence electrons. The van der Waals surface area contributed by atoms with E-state index in [1.165, 1.54) is 0 Å². The summed E-state index contributed by atoms with van der Waals surface area (Å²) in [5.74, 6) is 0.276. The second kappa shape index (κ2) is 5.19. The molecule has 1 aromatic carbocycles. The molecule has 3 nitrogen and oxygen atoms in total. The number of sulfone groups is 1. The Kier molecular flexibility index (Phi) is 4.33. The van der Waals surface area contributed by atoms with Crippen molar-refractivity contribution >= 4 is 9.84 Å². The summed E-state index contributed by atoms with van der Waals surface area (Å²) in [7, 11) is -3.23. The summed E-state index contributed by atoms with van der Waals surface area (Å²) in [6, 6.07) is 5.08. The van der Waals surface area contributed by atoms with E-state index in [1.807, 2.05) is 39.8 Å². The third-order valence-corrected chi connectivity index (χ3v) is 4.69. The van der Waals surface area contributed by atoms with Gasteiger partial charge in [-0.2, -0.15) is 0 Å². The Hall–Kier alpha value is -0.870. The van der Waals surface area contributed by atoms with Gasteiger partial charge in [0.25, 0.3) is 0 Å². The molecule has 0 heterocycles. The molecular formula is C13H21NO2S. The quantitative estimate of drug-likeness (QED) is 0.899. The van der Waals surface area contributed by atoms with E-state index in [4.69, 9.17) is 5.73 Å². The van der Waals surface area contributed by atoms with Crippen LogP contribution in [-0.2, 0) is 9.84 Å². The van der Waals surface area contributed by atoms with Gasteiger partial charge in [0.15, 0.2) is 9.84 Å². The molecule has 1 unspecified atom stereocenters. The number of hydrogen-bond acceptors (Lipinski definition) is 3. The van der Waals surface area contributed by atoms with Crippen molar-refractivity contribution in [1.29, 1.82) is 0 Å². The Morgan fingerprint density at radius 3 is 2.29 bits per heavy atom. The zero-order valence-electron chi connectivity index (χ0n) is 10.9. The van der Waals surface area contributed by atoms with E-state index in [0.29, 0.717) is 10.5 Å². The first kappa shape index (κ1) is 14.2. The van der Waals surface area contributed by atoms with Gasteiger partial charge in [0.2, 0.25) is 0 Å². The highest BCUT2D eigenvalue weighted by atomic mass is 32.2. The Bertz CT molecular complexity index is 490. The maximum atomic E-state index is 12.2. The zero-order chi connectivity index (χ0) is 13.2. The summed E-state index contributed by atoms with van der Waals surface area (Å²) in [6.45, 7) is 7.54. The summed E-state index contributed by atoms with van der Waals surface area (Å²) < 4.78 is 24.4. The van der Waals surface area contributed by atoms with Gasteiger partial charge in [-0.05, 0) is 31.4 Å². The molecule has 4 heteroatoms. The minimum absolute atomic E-state index is 0.113. The number of rotatable bonds is 4. The van der Waals surface area contributed by atoms with Crippen molar-refractivity contribution in [2.75, 3.05) is 5.75 Å². The zero-order valence-corrected chi connectivity index (χ0v) is 11.7. The van der Waals surface area contributed by atoms with E-state index in [1.54, 1.807) is 6.07 Å². The van der Waals surface area contributed by atoms with Gasteiger partial charge in [-0.1, -0.05) is 31.5 Å². The Labute approximate surface area is 104 Å². The number of nitrogens with two attached hydrogens (primary N) is 1. The fourth-order valence-electron chi connectivity index (χ4n) is 1.84. The van der Waals surface area contributed by atoms with Crippen molar-refractivity contribution in [3.63, 3.8) is 0 Å². The van der Waals surface area contributed by atoms with Crippen LogP contribution in [0, 0.1) is 12.8 Å². The molecular weight excluding hydrogens is 234 g/mol. The Morgan fingerprint density at radius 2 is 1.82 bits per heavy atom. The van der Waals surface area contributed by atoms with E-state index in [9.17, 15) is 8.42 Å². The van der Waals surface area contributed by atoms with E-state index < -0.39 is 9.84 Å². The minimum atomic E-state index is -3.23. The predicted molar refractivity (Wildman–Crippen MR) is 70.7 cm³/mol. The summed E-state index contributed by atoms with van der Waals surface area (Å²) in [5, 5.41) is 0. The molecule has 0 aliphatic carbocycles. The highest BCUT2D eigenvalue weighted by molar-refractivity contribution is 7.91. The van der Waals surface area contributed by atoms with Crippen LogP contribution in [-0.4, -0.2) is 14.2 Å². The standard InChI is InChI=1S/C13H21NO2S/c1-9(2)8-17(15,16)13-6-5-10(3)7-12(13)11(4)14/h5-7,9,11H,8,14H2,1-4H3. The van der Waals surface area contributed by atoms with Gasteiger partial charge in [-0.25, -0.2) is 8.42 Å². The highest BCUT2D eigenvalue weighted by Gasteiger charge is 2.21. The summed E-state index contributed by atoms with van der Waals surface area (Å²) in [6.07, 6.45) is 0. The van der Waals surface area contributed by atoms with Crippen LogP contribution in [0.5, 0.6) is 0 Å². The van der Waals surface area contributed by atoms with Crippen LogP contribution >= 0.6 is 0 Å². The lowest BCUT2D eigenvalue weighted by atomic mass is 10.1. The van der Waals surface area contributed by atoms with Crippen LogP contribution in [0.3, 0.4) is 0 Å². The van der Waals surface area contributed by atoms with E-state index in [0.717, 1.165) is 5.56 Å². The normalized spacial score (nSPS) is 14.0. The van der Waals surface area contributed by atoms with E-state index >= 15 is 0 Å². The monoisotopic (exact) mass is 255 g/mol. The van der Waals surface area contributed by atoms with Crippen LogP contribution in [0.1, 0.15) is 37.9 Å². The molecule has 0 spiro atoms. The van der Waals surface area contributed by atoms with Gasteiger partial charge < -0.3 is 5.73 Å². The van der Waals surface area contributed by atoms with Crippen molar-refractivity contribution in [1.82, 2.24) is 0 Å². The Balaban J connectivity index is 3.31. The Morgan fingerprint density at radius 1 is 1.24 bits per heavy atom. The summed E-state index contributed by atoms with van der Waals surface area (Å²) in [5.41, 5.74) is 7.59. The summed E-state index contributed by atoms with van der Waals surface area (Å²) in [4.78, 5) is 0.381. The molecule has 0 aliphatic rings. The van der Waals surface area contributed by atoms with Gasteiger partial charge in [0.1, 0.15) is 0 Å². The fourth-order valence-corrected chi connectivity index (χ4v) is 3.77. The smallest absolute Gasteiger partial charge is 0.178 e. The maximum absolute atomic E-state index is 12.2. The molecule has 0 radical (unpaired) electrons. The molecule has 0 saturated heterocycles. The van der Waals surface area contributed by atoms with Crippen LogP contribution in [0.4, 0.5) is 0 Å². The van der Waals surface area contributed by atoms with Gasteiger partial charge >= 0.3 is 0 Å². The predicted octanol–water partition coefficient (Wildman–Crippen LogP) is 2.44. The maximum Gasteiger partial charge on any atom is 0.178 e. The van der Waals surface area contributed by atoms with Gasteiger partial charge in [-0.3, -0.25) is 0 Å². The second-order valence-corrected chi connectivity index (χ2v) is 7.01. The molecule has 17 heavy (non-hydrogen) atoms. The van der Waals surface area contributed by atoms with Gasteiger partial charge in [0.05, 0.1) is 10.6 Å². The summed E-state index contributed by atoms with van der Waals surface area (Å²) >= 11 is 0. The van der Waals surface area contributed by atoms with Crippen LogP contribution in [0.15, 0.2) is 23.1 Å². The first-order valence-electron chi connectivity index (χ1n) is 5.83. The molecule has 0 saturated carbocycles. The lowest BCUT2D eigenvalue weighted by Crippen LogP contribution is -2.17. The number of aryl methyl sites for hydroxylation is 1. The molecule has 1 aromatic rings. The van der Waals surface area contributed by atoms with Crippen molar-refractivity contribution in [3.8, 4) is 0 Å². The SMILES string of the molecule is Cc1ccc(S(=O)(=O)CC(C)C)c(C(C)N)c1. The van der Waals surface area contributed by atoms with Gasteiger partial charge in [-0.15, -0.1) is 0 Å². The van der Waals surface area contributed by atoms with Gasteiger partial charge in [0, 0.05) is 6.04 Å². The fraction of sp³-hybridized carbons (Fsp3) is 0.538. The number of hydrogen-bond donors (Lipinski definition) is 1. The van der Waals surface area contributed by atoms with Crippen molar-refractivity contribution in [2.45, 2.75) is 38.6 Å². The lowest BCUT2D eigenvalue weighted by Gasteiger charge is -2.15. The van der Waals surface area contributed by atoms with E-state index in [2.05, 4.69) is 0 Å². The third-order valence-electron chi connectivity index (χ3n) is 2.54. The largest absolute Gasteiger partial charge is 0.324 e. The first-order valence-corrected chi connectivity index (χ1v) is 7.48. The molecule has 0 aliphatic heterocycles. The topological polar surface area (TPSA) is 60.2 Å². The van der Waals surface area contributed by atoms with E-state index in [-0.39, 0.29) is 17.7 Å². The molecule has 1 rings (SSSR count). The highest BCUT2D eigenvalue weighted by Crippen LogP contribution is 2.24. The van der Waals surface area contributed by atoms with Crippen molar-refractivity contribution < 1.29 is 8.42 Å². The van der Waals surface area contributed by atoms with Crippen LogP contribution in [0.25, 0.3) is 0 Å². The van der Waals surface area contributed by atoms with Crippen LogP contribution < -0.4 is 5.73 Å². The minimum Gasteiger partial charge on any atom is -0.324 e. The lowest BCUT2D eigenvalue weighted by molar-refractivity contribution is 0.580. The molecule has 1 atom stereocenters. The average Bonchev–Trinajstić information content (AvgIpc) is 2.14. The molecule has 0 amide bonds.